The molecule has 0 bridgehead atoms. The maximum absolute atomic E-state index is 12.3. The van der Waals surface area contributed by atoms with Crippen molar-refractivity contribution >= 4 is 5.91 Å². The van der Waals surface area contributed by atoms with E-state index in [-0.39, 0.29) is 5.91 Å². The molecule has 0 radical (unpaired) electrons. The first kappa shape index (κ1) is 12.0. The van der Waals surface area contributed by atoms with Crippen LogP contribution in [0.3, 0.4) is 0 Å². The van der Waals surface area contributed by atoms with Gasteiger partial charge in [-0.2, -0.15) is 0 Å². The Morgan fingerprint density at radius 3 is 2.41 bits per heavy atom. The lowest BCUT2D eigenvalue weighted by molar-refractivity contribution is 0.0760. The predicted octanol–water partition coefficient (Wildman–Crippen LogP) is 2.11. The summed E-state index contributed by atoms with van der Waals surface area (Å²) in [5.41, 5.74) is 1.43. The molecule has 4 nitrogen and oxygen atoms in total. The Balaban J connectivity index is 2.17. The molecule has 1 aromatic rings. The van der Waals surface area contributed by atoms with Gasteiger partial charge in [-0.3, -0.25) is 4.79 Å². The summed E-state index contributed by atoms with van der Waals surface area (Å²) < 4.78 is 0. The van der Waals surface area contributed by atoms with Crippen molar-refractivity contribution in [3.05, 3.63) is 23.3 Å². The predicted molar refractivity (Wildman–Crippen MR) is 65.9 cm³/mol. The van der Waals surface area contributed by atoms with Gasteiger partial charge in [-0.05, 0) is 26.7 Å². The molecule has 1 amide bonds. The SMILES string of the molecule is Cc1ncc(C(=O)N2CCCCCC2)c(C)n1. The Bertz CT molecular complexity index is 409. The van der Waals surface area contributed by atoms with Crippen LogP contribution in [0.15, 0.2) is 6.20 Å². The Morgan fingerprint density at radius 1 is 1.18 bits per heavy atom. The average molecular weight is 233 g/mol. The van der Waals surface area contributed by atoms with Crippen LogP contribution in [-0.4, -0.2) is 33.9 Å². The zero-order valence-electron chi connectivity index (χ0n) is 10.6. The normalized spacial score (nSPS) is 16.7. The molecule has 0 spiro atoms. The molecule has 4 heteroatoms. The average Bonchev–Trinajstić information content (AvgIpc) is 2.56. The minimum atomic E-state index is 0.0874. The topological polar surface area (TPSA) is 46.1 Å². The molecule has 92 valence electrons. The van der Waals surface area contributed by atoms with Crippen molar-refractivity contribution in [3.63, 3.8) is 0 Å². The fraction of sp³-hybridized carbons (Fsp3) is 0.615. The van der Waals surface area contributed by atoms with E-state index in [1.54, 1.807) is 6.20 Å². The third kappa shape index (κ3) is 2.81. The highest BCUT2D eigenvalue weighted by Gasteiger charge is 2.19. The smallest absolute Gasteiger partial charge is 0.257 e. The summed E-state index contributed by atoms with van der Waals surface area (Å²) in [5, 5.41) is 0. The van der Waals surface area contributed by atoms with E-state index in [9.17, 15) is 4.79 Å². The molecule has 0 aromatic carbocycles. The molecular weight excluding hydrogens is 214 g/mol. The number of amides is 1. The third-order valence-electron chi connectivity index (χ3n) is 3.22. The van der Waals surface area contributed by atoms with Gasteiger partial charge in [0, 0.05) is 19.3 Å². The Morgan fingerprint density at radius 2 is 1.82 bits per heavy atom. The molecule has 1 aliphatic heterocycles. The summed E-state index contributed by atoms with van der Waals surface area (Å²) in [6, 6.07) is 0. The molecular formula is C13H19N3O. The highest BCUT2D eigenvalue weighted by molar-refractivity contribution is 5.94. The molecule has 0 atom stereocenters. The Hall–Kier alpha value is -1.45. The van der Waals surface area contributed by atoms with Gasteiger partial charge in [0.1, 0.15) is 5.82 Å². The highest BCUT2D eigenvalue weighted by Crippen LogP contribution is 2.14. The van der Waals surface area contributed by atoms with Crippen LogP contribution in [0.2, 0.25) is 0 Å². The number of nitrogens with zero attached hydrogens (tertiary/aromatic N) is 3. The summed E-state index contributed by atoms with van der Waals surface area (Å²) in [4.78, 5) is 22.6. The minimum absolute atomic E-state index is 0.0874. The first-order valence-electron chi connectivity index (χ1n) is 6.28. The number of carbonyl (C=O) groups excluding carboxylic acids is 1. The standard InChI is InChI=1S/C13H19N3O/c1-10-12(9-14-11(2)15-10)13(17)16-7-5-3-4-6-8-16/h9H,3-8H2,1-2H3. The number of aryl methyl sites for hydroxylation is 2. The largest absolute Gasteiger partial charge is 0.339 e. The summed E-state index contributed by atoms with van der Waals surface area (Å²) in [5.74, 6) is 0.805. The number of hydrogen-bond acceptors (Lipinski definition) is 3. The summed E-state index contributed by atoms with van der Waals surface area (Å²) in [6.45, 7) is 5.45. The van der Waals surface area contributed by atoms with Gasteiger partial charge in [-0.15, -0.1) is 0 Å². The van der Waals surface area contributed by atoms with E-state index in [0.717, 1.165) is 37.4 Å². The monoisotopic (exact) mass is 233 g/mol. The fourth-order valence-electron chi connectivity index (χ4n) is 2.24. The molecule has 0 unspecified atom stereocenters. The van der Waals surface area contributed by atoms with Crippen molar-refractivity contribution < 1.29 is 4.79 Å². The number of hydrogen-bond donors (Lipinski definition) is 0. The highest BCUT2D eigenvalue weighted by atomic mass is 16.2. The third-order valence-corrected chi connectivity index (χ3v) is 3.22. The van der Waals surface area contributed by atoms with E-state index in [4.69, 9.17) is 0 Å². The van der Waals surface area contributed by atoms with Gasteiger partial charge in [0.15, 0.2) is 0 Å². The van der Waals surface area contributed by atoms with Crippen molar-refractivity contribution in [2.75, 3.05) is 13.1 Å². The zero-order chi connectivity index (χ0) is 12.3. The van der Waals surface area contributed by atoms with Crippen molar-refractivity contribution in [1.29, 1.82) is 0 Å². The molecule has 1 aliphatic rings. The van der Waals surface area contributed by atoms with Crippen LogP contribution >= 0.6 is 0 Å². The van der Waals surface area contributed by atoms with Gasteiger partial charge in [-0.1, -0.05) is 12.8 Å². The zero-order valence-corrected chi connectivity index (χ0v) is 10.6. The Labute approximate surface area is 102 Å². The lowest BCUT2D eigenvalue weighted by Gasteiger charge is -2.20. The van der Waals surface area contributed by atoms with Gasteiger partial charge in [0.25, 0.3) is 5.91 Å². The van der Waals surface area contributed by atoms with Crippen molar-refractivity contribution in [3.8, 4) is 0 Å². The number of aromatic nitrogens is 2. The summed E-state index contributed by atoms with van der Waals surface area (Å²) in [6.07, 6.45) is 6.33. The van der Waals surface area contributed by atoms with Gasteiger partial charge >= 0.3 is 0 Å². The molecule has 2 rings (SSSR count). The first-order chi connectivity index (χ1) is 8.18. The molecule has 0 saturated carbocycles. The summed E-state index contributed by atoms with van der Waals surface area (Å²) in [7, 11) is 0. The molecule has 17 heavy (non-hydrogen) atoms. The second-order valence-electron chi connectivity index (χ2n) is 4.62. The molecule has 2 heterocycles. The maximum atomic E-state index is 12.3. The first-order valence-corrected chi connectivity index (χ1v) is 6.28. The van der Waals surface area contributed by atoms with E-state index in [1.165, 1.54) is 12.8 Å². The minimum Gasteiger partial charge on any atom is -0.339 e. The van der Waals surface area contributed by atoms with E-state index in [0.29, 0.717) is 5.56 Å². The van der Waals surface area contributed by atoms with Crippen molar-refractivity contribution in [2.45, 2.75) is 39.5 Å². The molecule has 1 saturated heterocycles. The van der Waals surface area contributed by atoms with Crippen LogP contribution in [0.25, 0.3) is 0 Å². The van der Waals surface area contributed by atoms with E-state index in [1.807, 2.05) is 18.7 Å². The number of carbonyl (C=O) groups is 1. The maximum Gasteiger partial charge on any atom is 0.257 e. The molecule has 0 aliphatic carbocycles. The lowest BCUT2D eigenvalue weighted by Crippen LogP contribution is -2.32. The van der Waals surface area contributed by atoms with Gasteiger partial charge in [-0.25, -0.2) is 9.97 Å². The van der Waals surface area contributed by atoms with Crippen LogP contribution in [0.4, 0.5) is 0 Å². The second kappa shape index (κ2) is 5.25. The molecule has 1 fully saturated rings. The van der Waals surface area contributed by atoms with E-state index >= 15 is 0 Å². The lowest BCUT2D eigenvalue weighted by atomic mass is 10.2. The molecule has 1 aromatic heterocycles. The van der Waals surface area contributed by atoms with E-state index < -0.39 is 0 Å². The van der Waals surface area contributed by atoms with E-state index in [2.05, 4.69) is 9.97 Å². The van der Waals surface area contributed by atoms with Crippen LogP contribution in [0, 0.1) is 13.8 Å². The van der Waals surface area contributed by atoms with Crippen LogP contribution in [0.5, 0.6) is 0 Å². The number of likely N-dealkylation sites (tertiary alicyclic amines) is 1. The summed E-state index contributed by atoms with van der Waals surface area (Å²) >= 11 is 0. The Kier molecular flexibility index (Phi) is 3.71. The van der Waals surface area contributed by atoms with Crippen LogP contribution < -0.4 is 0 Å². The van der Waals surface area contributed by atoms with Crippen molar-refractivity contribution in [2.24, 2.45) is 0 Å². The quantitative estimate of drug-likeness (QED) is 0.746. The van der Waals surface area contributed by atoms with Crippen LogP contribution in [0.1, 0.15) is 47.6 Å². The van der Waals surface area contributed by atoms with Gasteiger partial charge in [0.05, 0.1) is 11.3 Å². The van der Waals surface area contributed by atoms with Gasteiger partial charge in [0.2, 0.25) is 0 Å². The number of rotatable bonds is 1. The second-order valence-corrected chi connectivity index (χ2v) is 4.62. The fourth-order valence-corrected chi connectivity index (χ4v) is 2.24. The van der Waals surface area contributed by atoms with Crippen molar-refractivity contribution in [1.82, 2.24) is 14.9 Å². The van der Waals surface area contributed by atoms with Gasteiger partial charge < -0.3 is 4.90 Å². The molecule has 0 N–H and O–H groups in total. The van der Waals surface area contributed by atoms with Crippen LogP contribution in [-0.2, 0) is 0 Å².